The van der Waals surface area contributed by atoms with Crippen LogP contribution >= 0.6 is 0 Å². The molecule has 4 aliphatic rings. The molecule has 1 aromatic rings. The van der Waals surface area contributed by atoms with Crippen molar-refractivity contribution >= 4 is 11.6 Å². The molecule has 3 heterocycles. The molecule has 2 aliphatic carbocycles. The normalized spacial score (nSPS) is 31.5. The predicted octanol–water partition coefficient (Wildman–Crippen LogP) is 1.87. The van der Waals surface area contributed by atoms with E-state index in [2.05, 4.69) is 40.9 Å². The molecule has 0 spiro atoms. The predicted molar refractivity (Wildman–Crippen MR) is 97.4 cm³/mol. The van der Waals surface area contributed by atoms with Gasteiger partial charge in [-0.1, -0.05) is 17.7 Å². The molecule has 5 rings (SSSR count). The second-order valence-corrected chi connectivity index (χ2v) is 8.09. The molecule has 3 nitrogen and oxygen atoms in total. The number of aromatic nitrogens is 1. The van der Waals surface area contributed by atoms with E-state index in [1.807, 2.05) is 0 Å². The monoisotopic (exact) mass is 322 g/mol. The van der Waals surface area contributed by atoms with Gasteiger partial charge in [0.1, 0.15) is 0 Å². The van der Waals surface area contributed by atoms with Gasteiger partial charge in [0, 0.05) is 29.5 Å². The van der Waals surface area contributed by atoms with Gasteiger partial charge < -0.3 is 9.47 Å². The Labute approximate surface area is 143 Å². The van der Waals surface area contributed by atoms with Crippen molar-refractivity contribution in [1.82, 2.24) is 9.47 Å². The smallest absolute Gasteiger partial charge is 0.258 e. The van der Waals surface area contributed by atoms with Crippen LogP contribution in [0.1, 0.15) is 56.6 Å². The molecule has 0 saturated carbocycles. The molecule has 1 aromatic heterocycles. The van der Waals surface area contributed by atoms with E-state index in [1.54, 1.807) is 0 Å². The van der Waals surface area contributed by atoms with E-state index in [1.165, 1.54) is 35.6 Å². The van der Waals surface area contributed by atoms with Crippen LogP contribution in [0.25, 0.3) is 11.6 Å². The van der Waals surface area contributed by atoms with Crippen molar-refractivity contribution in [3.05, 3.63) is 44.7 Å². The van der Waals surface area contributed by atoms with Crippen molar-refractivity contribution in [2.75, 3.05) is 7.05 Å². The van der Waals surface area contributed by atoms with E-state index >= 15 is 0 Å². The fourth-order valence-corrected chi connectivity index (χ4v) is 5.55. The highest BCUT2D eigenvalue weighted by molar-refractivity contribution is 5.56. The van der Waals surface area contributed by atoms with Crippen molar-refractivity contribution in [3.8, 4) is 0 Å². The zero-order valence-electron chi connectivity index (χ0n) is 14.5. The number of fused-ring (bicyclic) bond motifs is 2. The summed E-state index contributed by atoms with van der Waals surface area (Å²) in [7, 11) is 2.27. The van der Waals surface area contributed by atoms with Crippen molar-refractivity contribution in [2.45, 2.75) is 69.5 Å². The van der Waals surface area contributed by atoms with Gasteiger partial charge in [-0.05, 0) is 75.3 Å². The fraction of sp³-hybridized carbons (Fsp3) is 0.571. The molecule has 24 heavy (non-hydrogen) atoms. The Morgan fingerprint density at radius 3 is 2.67 bits per heavy atom. The number of allylic oxidation sites excluding steroid dienone is 2. The van der Waals surface area contributed by atoms with Crippen LogP contribution < -0.4 is 16.0 Å². The van der Waals surface area contributed by atoms with Crippen LogP contribution in [0.15, 0.2) is 23.1 Å². The first-order chi connectivity index (χ1) is 11.7. The van der Waals surface area contributed by atoms with Gasteiger partial charge in [-0.2, -0.15) is 0 Å². The lowest BCUT2D eigenvalue weighted by atomic mass is 9.91. The summed E-state index contributed by atoms with van der Waals surface area (Å²) >= 11 is 0. The lowest BCUT2D eigenvalue weighted by molar-refractivity contribution is 0.135. The van der Waals surface area contributed by atoms with E-state index in [0.717, 1.165) is 37.3 Å². The number of hydrogen-bond acceptors (Lipinski definition) is 2. The molecule has 0 N–H and O–H groups in total. The van der Waals surface area contributed by atoms with E-state index < -0.39 is 0 Å². The molecule has 0 aromatic carbocycles. The third-order valence-electron chi connectivity index (χ3n) is 6.86. The van der Waals surface area contributed by atoms with Crippen LogP contribution in [0.5, 0.6) is 0 Å². The first kappa shape index (κ1) is 14.7. The van der Waals surface area contributed by atoms with Gasteiger partial charge >= 0.3 is 0 Å². The second-order valence-electron chi connectivity index (χ2n) is 8.09. The number of aryl methyl sites for hydroxylation is 1. The highest BCUT2D eigenvalue weighted by Gasteiger charge is 2.39. The summed E-state index contributed by atoms with van der Waals surface area (Å²) in [4.78, 5) is 15.8. The van der Waals surface area contributed by atoms with Crippen molar-refractivity contribution in [1.29, 1.82) is 0 Å². The maximum atomic E-state index is 13.3. The van der Waals surface area contributed by atoms with Crippen molar-refractivity contribution < 1.29 is 0 Å². The molecule has 3 atom stereocenters. The first-order valence-electron chi connectivity index (χ1n) is 9.57. The number of hydrogen-bond donors (Lipinski definition) is 0. The number of piperidine rings is 1. The highest BCUT2D eigenvalue weighted by Crippen LogP contribution is 2.39. The molecule has 2 bridgehead atoms. The molecule has 0 amide bonds. The van der Waals surface area contributed by atoms with Crippen LogP contribution in [0.4, 0.5) is 0 Å². The Hall–Kier alpha value is -1.61. The minimum absolute atomic E-state index is 0.244. The van der Waals surface area contributed by atoms with Crippen LogP contribution in [-0.4, -0.2) is 28.6 Å². The summed E-state index contributed by atoms with van der Waals surface area (Å²) < 4.78 is 2.12. The summed E-state index contributed by atoms with van der Waals surface area (Å²) in [5, 5.41) is 2.26. The summed E-state index contributed by atoms with van der Waals surface area (Å²) in [6.45, 7) is 0. The Kier molecular flexibility index (Phi) is 3.34. The van der Waals surface area contributed by atoms with Gasteiger partial charge in [-0.15, -0.1) is 0 Å². The summed E-state index contributed by atoms with van der Waals surface area (Å²) in [5.41, 5.74) is 3.13. The molecular formula is C21H26N2O. The summed E-state index contributed by atoms with van der Waals surface area (Å²) in [6, 6.07) is 1.72. The van der Waals surface area contributed by atoms with Crippen LogP contribution in [0, 0.1) is 0 Å². The van der Waals surface area contributed by atoms with Crippen molar-refractivity contribution in [2.24, 2.45) is 0 Å². The average Bonchev–Trinajstić information content (AvgIpc) is 2.80. The highest BCUT2D eigenvalue weighted by atomic mass is 16.1. The Bertz CT molecular complexity index is 878. The summed E-state index contributed by atoms with van der Waals surface area (Å²) in [6.07, 6.45) is 18.0. The average molecular weight is 322 g/mol. The maximum absolute atomic E-state index is 13.3. The van der Waals surface area contributed by atoms with Crippen LogP contribution in [0.3, 0.4) is 0 Å². The maximum Gasteiger partial charge on any atom is 0.258 e. The molecule has 2 fully saturated rings. The SMILES string of the molecule is CN1[C@@H]2CC[C@H]1CC(n1cc3c4c(c1=O)=CC=CCC=4CCC3)C2. The lowest BCUT2D eigenvalue weighted by Crippen LogP contribution is -2.51. The number of pyridine rings is 1. The van der Waals surface area contributed by atoms with E-state index in [9.17, 15) is 4.79 Å². The Morgan fingerprint density at radius 2 is 1.88 bits per heavy atom. The molecular weight excluding hydrogens is 296 g/mol. The van der Waals surface area contributed by atoms with Crippen LogP contribution in [-0.2, 0) is 6.42 Å². The Balaban J connectivity index is 1.69. The zero-order chi connectivity index (χ0) is 16.3. The topological polar surface area (TPSA) is 25.2 Å². The fourth-order valence-electron chi connectivity index (χ4n) is 5.55. The standard InChI is InChI=1S/C21H26N2O/c1-22-16-9-10-17(22)12-18(11-16)23-13-15-7-4-6-14-5-2-3-8-19(20(14)15)21(23)24/h2-3,8,13,16-18H,4-7,9-12H2,1H3/t16-,17+,18?. The van der Waals surface area contributed by atoms with E-state index in [4.69, 9.17) is 0 Å². The van der Waals surface area contributed by atoms with Gasteiger partial charge in [0.15, 0.2) is 0 Å². The third kappa shape index (κ3) is 2.10. The molecule has 3 heteroatoms. The van der Waals surface area contributed by atoms with Gasteiger partial charge in [0.2, 0.25) is 0 Å². The first-order valence-corrected chi connectivity index (χ1v) is 9.57. The van der Waals surface area contributed by atoms with E-state index in [-0.39, 0.29) is 5.56 Å². The van der Waals surface area contributed by atoms with Crippen molar-refractivity contribution in [3.63, 3.8) is 0 Å². The third-order valence-corrected chi connectivity index (χ3v) is 6.86. The molecule has 2 aliphatic heterocycles. The zero-order valence-corrected chi connectivity index (χ0v) is 14.5. The van der Waals surface area contributed by atoms with Gasteiger partial charge in [0.25, 0.3) is 5.56 Å². The Morgan fingerprint density at radius 1 is 1.08 bits per heavy atom. The minimum atomic E-state index is 0.244. The molecule has 126 valence electrons. The molecule has 0 radical (unpaired) electrons. The van der Waals surface area contributed by atoms with Gasteiger partial charge in [-0.25, -0.2) is 0 Å². The number of rotatable bonds is 1. The lowest BCUT2D eigenvalue weighted by Gasteiger charge is -2.37. The van der Waals surface area contributed by atoms with E-state index in [0.29, 0.717) is 18.1 Å². The minimum Gasteiger partial charge on any atom is -0.312 e. The van der Waals surface area contributed by atoms with Gasteiger partial charge in [-0.3, -0.25) is 4.79 Å². The van der Waals surface area contributed by atoms with Crippen LogP contribution in [0.2, 0.25) is 0 Å². The van der Waals surface area contributed by atoms with Gasteiger partial charge in [0.05, 0.1) is 0 Å². The quantitative estimate of drug-likeness (QED) is 0.789. The largest absolute Gasteiger partial charge is 0.312 e. The number of nitrogens with zero attached hydrogens (tertiary/aromatic N) is 2. The summed E-state index contributed by atoms with van der Waals surface area (Å²) in [5.74, 6) is 0. The second kappa shape index (κ2) is 5.45. The molecule has 1 unspecified atom stereocenters. The molecule has 2 saturated heterocycles.